The normalized spacial score (nSPS) is 12.3. The molecule has 0 bridgehead atoms. The zero-order valence-electron chi connectivity index (χ0n) is 11.3. The number of ether oxygens (including phenoxy) is 1. The lowest BCUT2D eigenvalue weighted by molar-refractivity contribution is -0.121. The quantitative estimate of drug-likeness (QED) is 0.811. The summed E-state index contributed by atoms with van der Waals surface area (Å²) in [6.45, 7) is 6.44. The molecule has 4 nitrogen and oxygen atoms in total. The minimum atomic E-state index is -0.278. The molecule has 0 fully saturated rings. The number of carbonyl (C=O) groups is 1. The van der Waals surface area contributed by atoms with E-state index in [1.807, 2.05) is 45.0 Å². The fourth-order valence-electron chi connectivity index (χ4n) is 1.68. The van der Waals surface area contributed by atoms with Crippen LogP contribution in [-0.2, 0) is 4.79 Å². The smallest absolute Gasteiger partial charge is 0.222 e. The molecule has 0 aliphatic carbocycles. The molecule has 1 unspecified atom stereocenters. The third-order valence-corrected chi connectivity index (χ3v) is 2.47. The number of rotatable bonds is 6. The molecule has 0 aromatic heterocycles. The third kappa shape index (κ3) is 4.75. The number of nitrogens with two attached hydrogens (primary N) is 1. The van der Waals surface area contributed by atoms with E-state index < -0.39 is 0 Å². The van der Waals surface area contributed by atoms with Gasteiger partial charge in [0.1, 0.15) is 5.75 Å². The SMILES string of the molecule is CCOc1ccc(C(N)CC(=O)NC(C)C)cc1. The zero-order valence-corrected chi connectivity index (χ0v) is 11.3. The lowest BCUT2D eigenvalue weighted by atomic mass is 10.0. The van der Waals surface area contributed by atoms with E-state index in [0.29, 0.717) is 13.0 Å². The molecule has 0 spiro atoms. The zero-order chi connectivity index (χ0) is 13.5. The van der Waals surface area contributed by atoms with E-state index in [1.54, 1.807) is 0 Å². The van der Waals surface area contributed by atoms with E-state index in [1.165, 1.54) is 0 Å². The standard InChI is InChI=1S/C14H22N2O2/c1-4-18-12-7-5-11(6-8-12)13(15)9-14(17)16-10(2)3/h5-8,10,13H,4,9,15H2,1-3H3,(H,16,17). The number of benzene rings is 1. The molecule has 100 valence electrons. The molecule has 0 saturated heterocycles. The van der Waals surface area contributed by atoms with Crippen molar-refractivity contribution < 1.29 is 9.53 Å². The number of hydrogen-bond donors (Lipinski definition) is 2. The van der Waals surface area contributed by atoms with Crippen LogP contribution in [0.5, 0.6) is 5.75 Å². The predicted octanol–water partition coefficient (Wildman–Crippen LogP) is 2.00. The molecular formula is C14H22N2O2. The molecule has 4 heteroatoms. The van der Waals surface area contributed by atoms with Crippen LogP contribution in [0, 0.1) is 0 Å². The van der Waals surface area contributed by atoms with Gasteiger partial charge >= 0.3 is 0 Å². The maximum atomic E-state index is 11.6. The van der Waals surface area contributed by atoms with Gasteiger partial charge in [0.05, 0.1) is 6.61 Å². The summed E-state index contributed by atoms with van der Waals surface area (Å²) in [5.41, 5.74) is 6.94. The summed E-state index contributed by atoms with van der Waals surface area (Å²) in [4.78, 5) is 11.6. The van der Waals surface area contributed by atoms with Crippen LogP contribution in [0.15, 0.2) is 24.3 Å². The summed E-state index contributed by atoms with van der Waals surface area (Å²) in [6.07, 6.45) is 0.298. The molecule has 1 aromatic rings. The Morgan fingerprint density at radius 1 is 1.33 bits per heavy atom. The molecule has 0 aliphatic rings. The van der Waals surface area contributed by atoms with Crippen LogP contribution in [0.4, 0.5) is 0 Å². The largest absolute Gasteiger partial charge is 0.494 e. The summed E-state index contributed by atoms with van der Waals surface area (Å²) in [5, 5.41) is 2.83. The van der Waals surface area contributed by atoms with Gasteiger partial charge in [-0.2, -0.15) is 0 Å². The average molecular weight is 250 g/mol. The lowest BCUT2D eigenvalue weighted by Gasteiger charge is -2.14. The Bertz CT molecular complexity index is 374. The number of amides is 1. The molecule has 0 aliphatic heterocycles. The highest BCUT2D eigenvalue weighted by Crippen LogP contribution is 2.18. The summed E-state index contributed by atoms with van der Waals surface area (Å²) in [7, 11) is 0. The molecule has 3 N–H and O–H groups in total. The third-order valence-electron chi connectivity index (χ3n) is 2.47. The first-order chi connectivity index (χ1) is 8.52. The fourth-order valence-corrected chi connectivity index (χ4v) is 1.68. The Hall–Kier alpha value is -1.55. The van der Waals surface area contributed by atoms with Crippen LogP contribution in [0.1, 0.15) is 38.8 Å². The van der Waals surface area contributed by atoms with E-state index in [2.05, 4.69) is 5.32 Å². The van der Waals surface area contributed by atoms with Gasteiger partial charge in [-0.25, -0.2) is 0 Å². The van der Waals surface area contributed by atoms with E-state index in [9.17, 15) is 4.79 Å². The van der Waals surface area contributed by atoms with Crippen LogP contribution in [0.3, 0.4) is 0 Å². The second kappa shape index (κ2) is 7.01. The van der Waals surface area contributed by atoms with Crippen molar-refractivity contribution in [3.63, 3.8) is 0 Å². The Morgan fingerprint density at radius 2 is 1.94 bits per heavy atom. The van der Waals surface area contributed by atoms with E-state index in [4.69, 9.17) is 10.5 Å². The van der Waals surface area contributed by atoms with Crippen molar-refractivity contribution in [3.05, 3.63) is 29.8 Å². The topological polar surface area (TPSA) is 64.3 Å². The van der Waals surface area contributed by atoms with Crippen molar-refractivity contribution in [1.82, 2.24) is 5.32 Å². The second-order valence-corrected chi connectivity index (χ2v) is 4.53. The molecular weight excluding hydrogens is 228 g/mol. The Kier molecular flexibility index (Phi) is 5.65. The van der Waals surface area contributed by atoms with Gasteiger partial charge in [-0.3, -0.25) is 4.79 Å². The van der Waals surface area contributed by atoms with Crippen molar-refractivity contribution in [2.24, 2.45) is 5.73 Å². The van der Waals surface area contributed by atoms with Gasteiger partial charge in [-0.1, -0.05) is 12.1 Å². The lowest BCUT2D eigenvalue weighted by Crippen LogP contribution is -2.32. The first-order valence-corrected chi connectivity index (χ1v) is 6.30. The maximum Gasteiger partial charge on any atom is 0.222 e. The Labute approximate surface area is 109 Å². The van der Waals surface area contributed by atoms with Gasteiger partial charge in [-0.15, -0.1) is 0 Å². The molecule has 0 radical (unpaired) electrons. The van der Waals surface area contributed by atoms with Crippen molar-refractivity contribution in [3.8, 4) is 5.75 Å². The minimum absolute atomic E-state index is 0.0219. The van der Waals surface area contributed by atoms with Gasteiger partial charge in [0.15, 0.2) is 0 Å². The van der Waals surface area contributed by atoms with Crippen LogP contribution in [0.2, 0.25) is 0 Å². The Balaban J connectivity index is 2.55. The maximum absolute atomic E-state index is 11.6. The summed E-state index contributed by atoms with van der Waals surface area (Å²) in [6, 6.07) is 7.42. The highest BCUT2D eigenvalue weighted by atomic mass is 16.5. The molecule has 0 heterocycles. The van der Waals surface area contributed by atoms with Gasteiger partial charge in [-0.05, 0) is 38.5 Å². The van der Waals surface area contributed by atoms with Gasteiger partial charge in [0, 0.05) is 18.5 Å². The Morgan fingerprint density at radius 3 is 2.44 bits per heavy atom. The van der Waals surface area contributed by atoms with E-state index in [-0.39, 0.29) is 18.0 Å². The van der Waals surface area contributed by atoms with Crippen LogP contribution < -0.4 is 15.8 Å². The van der Waals surface area contributed by atoms with Crippen molar-refractivity contribution in [1.29, 1.82) is 0 Å². The fraction of sp³-hybridized carbons (Fsp3) is 0.500. The molecule has 1 amide bonds. The molecule has 1 atom stereocenters. The van der Waals surface area contributed by atoms with Gasteiger partial charge < -0.3 is 15.8 Å². The van der Waals surface area contributed by atoms with E-state index in [0.717, 1.165) is 11.3 Å². The van der Waals surface area contributed by atoms with Crippen molar-refractivity contribution in [2.75, 3.05) is 6.61 Å². The van der Waals surface area contributed by atoms with Gasteiger partial charge in [0.2, 0.25) is 5.91 Å². The van der Waals surface area contributed by atoms with Crippen LogP contribution in [0.25, 0.3) is 0 Å². The summed E-state index contributed by atoms with van der Waals surface area (Å²) >= 11 is 0. The van der Waals surface area contributed by atoms with Crippen LogP contribution >= 0.6 is 0 Å². The predicted molar refractivity (Wildman–Crippen MR) is 72.4 cm³/mol. The number of nitrogens with one attached hydrogen (secondary N) is 1. The first kappa shape index (κ1) is 14.5. The molecule has 1 rings (SSSR count). The first-order valence-electron chi connectivity index (χ1n) is 6.30. The van der Waals surface area contributed by atoms with Crippen molar-refractivity contribution >= 4 is 5.91 Å². The molecule has 18 heavy (non-hydrogen) atoms. The average Bonchev–Trinajstić information content (AvgIpc) is 2.29. The number of carbonyl (C=O) groups excluding carboxylic acids is 1. The monoisotopic (exact) mass is 250 g/mol. The second-order valence-electron chi connectivity index (χ2n) is 4.53. The van der Waals surface area contributed by atoms with E-state index >= 15 is 0 Å². The number of hydrogen-bond acceptors (Lipinski definition) is 3. The van der Waals surface area contributed by atoms with Crippen molar-refractivity contribution in [2.45, 2.75) is 39.3 Å². The minimum Gasteiger partial charge on any atom is -0.494 e. The summed E-state index contributed by atoms with van der Waals surface area (Å²) in [5.74, 6) is 0.798. The highest BCUT2D eigenvalue weighted by Gasteiger charge is 2.12. The van der Waals surface area contributed by atoms with Crippen LogP contribution in [-0.4, -0.2) is 18.6 Å². The summed E-state index contributed by atoms with van der Waals surface area (Å²) < 4.78 is 5.35. The molecule has 0 saturated carbocycles. The van der Waals surface area contributed by atoms with Gasteiger partial charge in [0.25, 0.3) is 0 Å². The molecule has 1 aromatic carbocycles. The highest BCUT2D eigenvalue weighted by molar-refractivity contribution is 5.77.